The van der Waals surface area contributed by atoms with Gasteiger partial charge in [0, 0.05) is 5.69 Å². The standard InChI is InChI=1S/C15H19NO4/c1-4-19-14(17)12-9(3)13(15(18)20-5-2)16-11-8-6-7-10(11)12/h4-8H2,1-3H3. The minimum Gasteiger partial charge on any atom is -0.462 e. The fraction of sp³-hybridized carbons (Fsp3) is 0.533. The van der Waals surface area contributed by atoms with Crippen LogP contribution in [-0.2, 0) is 22.3 Å². The number of hydrogen-bond donors (Lipinski definition) is 0. The summed E-state index contributed by atoms with van der Waals surface area (Å²) in [5.41, 5.74) is 3.03. The van der Waals surface area contributed by atoms with Crippen molar-refractivity contribution >= 4 is 11.9 Å². The van der Waals surface area contributed by atoms with Gasteiger partial charge in [-0.1, -0.05) is 0 Å². The van der Waals surface area contributed by atoms with E-state index in [9.17, 15) is 9.59 Å². The molecule has 1 aromatic heterocycles. The molecule has 2 rings (SSSR count). The molecule has 5 heteroatoms. The molecule has 0 saturated heterocycles. The Morgan fingerprint density at radius 2 is 1.75 bits per heavy atom. The smallest absolute Gasteiger partial charge is 0.357 e. The molecule has 20 heavy (non-hydrogen) atoms. The van der Waals surface area contributed by atoms with Gasteiger partial charge in [0.15, 0.2) is 5.69 Å². The second-order valence-electron chi connectivity index (χ2n) is 4.68. The number of carbonyl (C=O) groups is 2. The van der Waals surface area contributed by atoms with E-state index < -0.39 is 5.97 Å². The molecule has 0 amide bonds. The van der Waals surface area contributed by atoms with Crippen molar-refractivity contribution in [3.05, 3.63) is 28.1 Å². The van der Waals surface area contributed by atoms with Crippen LogP contribution in [0.25, 0.3) is 0 Å². The average Bonchev–Trinajstić information content (AvgIpc) is 2.86. The summed E-state index contributed by atoms with van der Waals surface area (Å²) in [5, 5.41) is 0. The molecule has 1 aromatic rings. The van der Waals surface area contributed by atoms with Crippen molar-refractivity contribution in [1.82, 2.24) is 4.98 Å². The zero-order valence-electron chi connectivity index (χ0n) is 12.1. The van der Waals surface area contributed by atoms with Crippen LogP contribution >= 0.6 is 0 Å². The fourth-order valence-electron chi connectivity index (χ4n) is 2.56. The number of carbonyl (C=O) groups excluding carboxylic acids is 2. The lowest BCUT2D eigenvalue weighted by molar-refractivity contribution is 0.0517. The third kappa shape index (κ3) is 2.53. The SMILES string of the molecule is CCOC(=O)c1nc2c(c(C(=O)OCC)c1C)CCC2. The van der Waals surface area contributed by atoms with E-state index in [1.807, 2.05) is 0 Å². The molecule has 0 fully saturated rings. The largest absolute Gasteiger partial charge is 0.462 e. The van der Waals surface area contributed by atoms with Crippen LogP contribution in [0.1, 0.15) is 57.9 Å². The van der Waals surface area contributed by atoms with E-state index in [2.05, 4.69) is 4.98 Å². The molecule has 0 spiro atoms. The van der Waals surface area contributed by atoms with E-state index in [1.54, 1.807) is 20.8 Å². The van der Waals surface area contributed by atoms with Crippen molar-refractivity contribution in [3.63, 3.8) is 0 Å². The normalized spacial score (nSPS) is 12.9. The first-order valence-corrected chi connectivity index (χ1v) is 6.96. The molecular weight excluding hydrogens is 258 g/mol. The molecule has 5 nitrogen and oxygen atoms in total. The van der Waals surface area contributed by atoms with E-state index in [0.717, 1.165) is 30.5 Å². The molecule has 0 saturated carbocycles. The first-order valence-electron chi connectivity index (χ1n) is 6.96. The molecule has 0 bridgehead atoms. The summed E-state index contributed by atoms with van der Waals surface area (Å²) in [6.45, 7) is 5.83. The van der Waals surface area contributed by atoms with Crippen LogP contribution in [0.4, 0.5) is 0 Å². The van der Waals surface area contributed by atoms with Gasteiger partial charge in [0.2, 0.25) is 0 Å². The van der Waals surface area contributed by atoms with E-state index in [-0.39, 0.29) is 18.3 Å². The van der Waals surface area contributed by atoms with Crippen molar-refractivity contribution in [2.75, 3.05) is 13.2 Å². The molecule has 0 atom stereocenters. The second kappa shape index (κ2) is 6.03. The Bertz CT molecular complexity index is 551. The van der Waals surface area contributed by atoms with Gasteiger partial charge in [0.05, 0.1) is 18.8 Å². The van der Waals surface area contributed by atoms with Crippen molar-refractivity contribution in [1.29, 1.82) is 0 Å². The summed E-state index contributed by atoms with van der Waals surface area (Å²) in [6, 6.07) is 0. The van der Waals surface area contributed by atoms with Gasteiger partial charge in [-0.3, -0.25) is 0 Å². The molecule has 0 unspecified atom stereocenters. The van der Waals surface area contributed by atoms with Crippen molar-refractivity contribution < 1.29 is 19.1 Å². The maximum absolute atomic E-state index is 12.2. The topological polar surface area (TPSA) is 65.5 Å². The molecule has 0 aromatic carbocycles. The van der Waals surface area contributed by atoms with Crippen LogP contribution in [0.3, 0.4) is 0 Å². The summed E-state index contributed by atoms with van der Waals surface area (Å²) in [6.07, 6.45) is 2.54. The Morgan fingerprint density at radius 1 is 1.10 bits per heavy atom. The highest BCUT2D eigenvalue weighted by atomic mass is 16.5. The van der Waals surface area contributed by atoms with Gasteiger partial charge < -0.3 is 9.47 Å². The van der Waals surface area contributed by atoms with Gasteiger partial charge in [0.1, 0.15) is 0 Å². The van der Waals surface area contributed by atoms with Crippen LogP contribution < -0.4 is 0 Å². The maximum atomic E-state index is 12.2. The van der Waals surface area contributed by atoms with Crippen molar-refractivity contribution in [2.24, 2.45) is 0 Å². The minimum atomic E-state index is -0.481. The third-order valence-electron chi connectivity index (χ3n) is 3.42. The Balaban J connectivity index is 2.54. The average molecular weight is 277 g/mol. The predicted molar refractivity (Wildman–Crippen MR) is 72.9 cm³/mol. The molecule has 0 aliphatic heterocycles. The second-order valence-corrected chi connectivity index (χ2v) is 4.68. The lowest BCUT2D eigenvalue weighted by atomic mass is 10.00. The Kier molecular flexibility index (Phi) is 4.37. The summed E-state index contributed by atoms with van der Waals surface area (Å²) in [4.78, 5) is 28.5. The monoisotopic (exact) mass is 277 g/mol. The Morgan fingerprint density at radius 3 is 2.40 bits per heavy atom. The van der Waals surface area contributed by atoms with Crippen LogP contribution in [0, 0.1) is 6.92 Å². The molecule has 1 aliphatic rings. The zero-order valence-corrected chi connectivity index (χ0v) is 12.1. The van der Waals surface area contributed by atoms with E-state index in [4.69, 9.17) is 9.47 Å². The number of fused-ring (bicyclic) bond motifs is 1. The Hall–Kier alpha value is -1.91. The molecular formula is C15H19NO4. The summed E-state index contributed by atoms with van der Waals surface area (Å²) in [7, 11) is 0. The highest BCUT2D eigenvalue weighted by Crippen LogP contribution is 2.28. The van der Waals surface area contributed by atoms with E-state index >= 15 is 0 Å². The number of aromatic nitrogens is 1. The van der Waals surface area contributed by atoms with Gasteiger partial charge in [-0.05, 0) is 51.2 Å². The number of ether oxygens (including phenoxy) is 2. The lowest BCUT2D eigenvalue weighted by Crippen LogP contribution is -2.18. The van der Waals surface area contributed by atoms with Gasteiger partial charge in [-0.25, -0.2) is 14.6 Å². The number of nitrogens with zero attached hydrogens (tertiary/aromatic N) is 1. The number of rotatable bonds is 4. The summed E-state index contributed by atoms with van der Waals surface area (Å²) >= 11 is 0. The van der Waals surface area contributed by atoms with Crippen LogP contribution in [0.15, 0.2) is 0 Å². The van der Waals surface area contributed by atoms with Gasteiger partial charge in [-0.15, -0.1) is 0 Å². The lowest BCUT2D eigenvalue weighted by Gasteiger charge is -2.14. The summed E-state index contributed by atoms with van der Waals surface area (Å²) in [5.74, 6) is -0.860. The van der Waals surface area contributed by atoms with E-state index in [0.29, 0.717) is 17.7 Å². The van der Waals surface area contributed by atoms with Gasteiger partial charge in [-0.2, -0.15) is 0 Å². The highest BCUT2D eigenvalue weighted by molar-refractivity contribution is 5.98. The Labute approximate surface area is 118 Å². The van der Waals surface area contributed by atoms with Crippen LogP contribution in [-0.4, -0.2) is 30.1 Å². The van der Waals surface area contributed by atoms with Crippen LogP contribution in [0.5, 0.6) is 0 Å². The quantitative estimate of drug-likeness (QED) is 0.790. The molecule has 0 N–H and O–H groups in total. The third-order valence-corrected chi connectivity index (χ3v) is 3.42. The number of aryl methyl sites for hydroxylation is 1. The highest BCUT2D eigenvalue weighted by Gasteiger charge is 2.28. The summed E-state index contributed by atoms with van der Waals surface area (Å²) < 4.78 is 10.1. The first kappa shape index (κ1) is 14.5. The van der Waals surface area contributed by atoms with Gasteiger partial charge in [0.25, 0.3) is 0 Å². The number of pyridine rings is 1. The van der Waals surface area contributed by atoms with Crippen molar-refractivity contribution in [3.8, 4) is 0 Å². The molecule has 108 valence electrons. The molecule has 0 radical (unpaired) electrons. The number of hydrogen-bond acceptors (Lipinski definition) is 5. The number of esters is 2. The van der Waals surface area contributed by atoms with Crippen LogP contribution in [0.2, 0.25) is 0 Å². The molecule has 1 aliphatic carbocycles. The van der Waals surface area contributed by atoms with Crippen molar-refractivity contribution in [2.45, 2.75) is 40.0 Å². The zero-order chi connectivity index (χ0) is 14.7. The first-order chi connectivity index (χ1) is 9.60. The van der Waals surface area contributed by atoms with E-state index in [1.165, 1.54) is 0 Å². The predicted octanol–water partition coefficient (Wildman–Crippen LogP) is 2.23. The maximum Gasteiger partial charge on any atom is 0.357 e. The molecule has 1 heterocycles. The minimum absolute atomic E-state index is 0.232. The fourth-order valence-corrected chi connectivity index (χ4v) is 2.56. The van der Waals surface area contributed by atoms with Gasteiger partial charge >= 0.3 is 11.9 Å².